The van der Waals surface area contributed by atoms with Crippen LogP contribution in [0.15, 0.2) is 48.1 Å². The standard InChI is InChI=1S/C25H31N3O3S/c1-4-12-28(17-19-9-10-22(31-13-5-2)23(14-19)30-6-3)24(29)15-21-18-32-25(27-21)20-8-7-11-26-16-20/h7-11,14,16,18H,4-6,12-13,15,17H2,1-3H3. The number of hydrogen-bond acceptors (Lipinski definition) is 6. The molecule has 7 heteroatoms. The zero-order valence-corrected chi connectivity index (χ0v) is 19.9. The van der Waals surface area contributed by atoms with Crippen LogP contribution in [0.25, 0.3) is 10.6 Å². The average Bonchev–Trinajstić information content (AvgIpc) is 3.27. The van der Waals surface area contributed by atoms with Crippen molar-refractivity contribution < 1.29 is 14.3 Å². The molecule has 0 aliphatic rings. The van der Waals surface area contributed by atoms with Crippen LogP contribution in [0.4, 0.5) is 0 Å². The van der Waals surface area contributed by atoms with E-state index in [1.54, 1.807) is 12.4 Å². The first-order chi connectivity index (χ1) is 15.6. The van der Waals surface area contributed by atoms with E-state index in [9.17, 15) is 4.79 Å². The Labute approximate surface area is 194 Å². The molecule has 0 aliphatic carbocycles. The van der Waals surface area contributed by atoms with Crippen molar-refractivity contribution in [3.05, 3.63) is 59.4 Å². The molecule has 3 aromatic rings. The van der Waals surface area contributed by atoms with Crippen molar-refractivity contribution in [3.8, 4) is 22.1 Å². The summed E-state index contributed by atoms with van der Waals surface area (Å²) >= 11 is 1.54. The molecule has 170 valence electrons. The van der Waals surface area contributed by atoms with Gasteiger partial charge in [0.05, 0.1) is 25.3 Å². The second kappa shape index (κ2) is 12.2. The summed E-state index contributed by atoms with van der Waals surface area (Å²) in [6.07, 6.45) is 5.64. The Bertz CT molecular complexity index is 991. The highest BCUT2D eigenvalue weighted by Crippen LogP contribution is 2.29. The molecule has 0 radical (unpaired) electrons. The van der Waals surface area contributed by atoms with Gasteiger partial charge in [0.2, 0.25) is 5.91 Å². The molecule has 1 amide bonds. The molecule has 0 atom stereocenters. The molecule has 0 spiro atoms. The van der Waals surface area contributed by atoms with Crippen LogP contribution in [0.2, 0.25) is 0 Å². The third-order valence-corrected chi connectivity index (χ3v) is 5.72. The van der Waals surface area contributed by atoms with Crippen molar-refractivity contribution >= 4 is 17.2 Å². The molecule has 32 heavy (non-hydrogen) atoms. The summed E-state index contributed by atoms with van der Waals surface area (Å²) in [6, 6.07) is 9.79. The smallest absolute Gasteiger partial charge is 0.228 e. The van der Waals surface area contributed by atoms with Gasteiger partial charge >= 0.3 is 0 Å². The minimum Gasteiger partial charge on any atom is -0.490 e. The first-order valence-corrected chi connectivity index (χ1v) is 12.0. The molecule has 0 fully saturated rings. The molecule has 0 N–H and O–H groups in total. The van der Waals surface area contributed by atoms with Crippen molar-refractivity contribution in [3.63, 3.8) is 0 Å². The van der Waals surface area contributed by atoms with Gasteiger partial charge in [-0.15, -0.1) is 11.3 Å². The second-order valence-electron chi connectivity index (χ2n) is 7.44. The number of aromatic nitrogens is 2. The van der Waals surface area contributed by atoms with Crippen molar-refractivity contribution in [2.45, 2.75) is 46.6 Å². The van der Waals surface area contributed by atoms with Gasteiger partial charge in [0.1, 0.15) is 5.01 Å². The van der Waals surface area contributed by atoms with Crippen molar-refractivity contribution in [2.75, 3.05) is 19.8 Å². The highest BCUT2D eigenvalue weighted by molar-refractivity contribution is 7.13. The van der Waals surface area contributed by atoms with Crippen LogP contribution < -0.4 is 9.47 Å². The van der Waals surface area contributed by atoms with Crippen LogP contribution in [-0.2, 0) is 17.8 Å². The Morgan fingerprint density at radius 1 is 1.09 bits per heavy atom. The van der Waals surface area contributed by atoms with Gasteiger partial charge < -0.3 is 14.4 Å². The zero-order valence-electron chi connectivity index (χ0n) is 19.0. The molecule has 2 aromatic heterocycles. The fourth-order valence-corrected chi connectivity index (χ4v) is 4.12. The highest BCUT2D eigenvalue weighted by Gasteiger charge is 2.17. The van der Waals surface area contributed by atoms with Crippen LogP contribution in [0.5, 0.6) is 11.5 Å². The fourth-order valence-electron chi connectivity index (χ4n) is 3.31. The van der Waals surface area contributed by atoms with Crippen LogP contribution in [0.3, 0.4) is 0 Å². The third kappa shape index (κ3) is 6.53. The second-order valence-corrected chi connectivity index (χ2v) is 8.30. The van der Waals surface area contributed by atoms with E-state index in [2.05, 4.69) is 23.8 Å². The number of carbonyl (C=O) groups is 1. The molecule has 0 bridgehead atoms. The first kappa shape index (κ1) is 23.7. The quantitative estimate of drug-likeness (QED) is 0.369. The van der Waals surface area contributed by atoms with Gasteiger partial charge in [-0.1, -0.05) is 19.9 Å². The van der Waals surface area contributed by atoms with Gasteiger partial charge in [0.15, 0.2) is 11.5 Å². The largest absolute Gasteiger partial charge is 0.490 e. The molecular formula is C25H31N3O3S. The van der Waals surface area contributed by atoms with Crippen molar-refractivity contribution in [1.29, 1.82) is 0 Å². The predicted molar refractivity (Wildman–Crippen MR) is 128 cm³/mol. The summed E-state index contributed by atoms with van der Waals surface area (Å²) in [5.74, 6) is 1.54. The minimum atomic E-state index is 0.0687. The van der Waals surface area contributed by atoms with Gasteiger partial charge in [0.25, 0.3) is 0 Å². The van der Waals surface area contributed by atoms with E-state index in [0.717, 1.165) is 46.2 Å². The predicted octanol–water partition coefficient (Wildman–Crippen LogP) is 5.37. The third-order valence-electron chi connectivity index (χ3n) is 4.78. The van der Waals surface area contributed by atoms with E-state index < -0.39 is 0 Å². The summed E-state index contributed by atoms with van der Waals surface area (Å²) in [7, 11) is 0. The van der Waals surface area contributed by atoms with E-state index in [4.69, 9.17) is 9.47 Å². The Balaban J connectivity index is 1.70. The lowest BCUT2D eigenvalue weighted by Crippen LogP contribution is -2.32. The van der Waals surface area contributed by atoms with Crippen LogP contribution >= 0.6 is 11.3 Å². The van der Waals surface area contributed by atoms with Gasteiger partial charge in [-0.3, -0.25) is 9.78 Å². The highest BCUT2D eigenvalue weighted by atomic mass is 32.1. The summed E-state index contributed by atoms with van der Waals surface area (Å²) in [5.41, 5.74) is 2.78. The van der Waals surface area contributed by atoms with E-state index in [-0.39, 0.29) is 12.3 Å². The monoisotopic (exact) mass is 453 g/mol. The van der Waals surface area contributed by atoms with E-state index in [0.29, 0.717) is 26.3 Å². The number of rotatable bonds is 12. The normalized spacial score (nSPS) is 10.7. The number of hydrogen-bond donors (Lipinski definition) is 0. The number of thiazole rings is 1. The number of benzene rings is 1. The van der Waals surface area contributed by atoms with Gasteiger partial charge in [0, 0.05) is 36.4 Å². The van der Waals surface area contributed by atoms with E-state index >= 15 is 0 Å². The Morgan fingerprint density at radius 3 is 2.69 bits per heavy atom. The summed E-state index contributed by atoms with van der Waals surface area (Å²) in [4.78, 5) is 23.8. The number of nitrogens with zero attached hydrogens (tertiary/aromatic N) is 3. The lowest BCUT2D eigenvalue weighted by molar-refractivity contribution is -0.131. The molecule has 0 saturated heterocycles. The summed E-state index contributed by atoms with van der Waals surface area (Å²) in [5, 5.41) is 2.84. The fraction of sp³-hybridized carbons (Fsp3) is 0.400. The number of ether oxygens (including phenoxy) is 2. The Kier molecular flexibility index (Phi) is 9.04. The molecule has 0 aliphatic heterocycles. The maximum Gasteiger partial charge on any atom is 0.228 e. The van der Waals surface area contributed by atoms with Crippen LogP contribution in [0.1, 0.15) is 44.9 Å². The number of carbonyl (C=O) groups excluding carboxylic acids is 1. The SMILES string of the molecule is CCCOc1ccc(CN(CCC)C(=O)Cc2csc(-c3cccnc3)n2)cc1OCC. The molecule has 3 rings (SSSR count). The Hall–Kier alpha value is -2.93. The molecular weight excluding hydrogens is 422 g/mol. The molecule has 6 nitrogen and oxygen atoms in total. The van der Waals surface area contributed by atoms with Gasteiger partial charge in [-0.25, -0.2) is 4.98 Å². The number of pyridine rings is 1. The summed E-state index contributed by atoms with van der Waals surface area (Å²) < 4.78 is 11.6. The van der Waals surface area contributed by atoms with Gasteiger partial charge in [-0.2, -0.15) is 0 Å². The maximum atomic E-state index is 13.1. The average molecular weight is 454 g/mol. The lowest BCUT2D eigenvalue weighted by atomic mass is 10.1. The molecule has 2 heterocycles. The van der Waals surface area contributed by atoms with Crippen LogP contribution in [0, 0.1) is 0 Å². The van der Waals surface area contributed by atoms with Crippen molar-refractivity contribution in [2.24, 2.45) is 0 Å². The lowest BCUT2D eigenvalue weighted by Gasteiger charge is -2.23. The zero-order chi connectivity index (χ0) is 22.8. The summed E-state index contributed by atoms with van der Waals surface area (Å²) in [6.45, 7) is 8.54. The topological polar surface area (TPSA) is 64.5 Å². The molecule has 0 saturated carbocycles. The van der Waals surface area contributed by atoms with Gasteiger partial charge in [-0.05, 0) is 49.6 Å². The Morgan fingerprint density at radius 2 is 1.97 bits per heavy atom. The number of amides is 1. The molecule has 1 aromatic carbocycles. The van der Waals surface area contributed by atoms with Crippen LogP contribution in [-0.4, -0.2) is 40.5 Å². The minimum absolute atomic E-state index is 0.0687. The van der Waals surface area contributed by atoms with E-state index in [1.807, 2.05) is 47.5 Å². The van der Waals surface area contributed by atoms with E-state index in [1.165, 1.54) is 11.3 Å². The maximum absolute atomic E-state index is 13.1. The first-order valence-electron chi connectivity index (χ1n) is 11.2. The van der Waals surface area contributed by atoms with Crippen molar-refractivity contribution in [1.82, 2.24) is 14.9 Å². The molecule has 0 unspecified atom stereocenters.